The fourth-order valence-electron chi connectivity index (χ4n) is 1.33. The number of nitrogens with one attached hydrogen (secondary N) is 1. The van der Waals surface area contributed by atoms with Crippen LogP contribution in [0.2, 0.25) is 0 Å². The van der Waals surface area contributed by atoms with Crippen molar-refractivity contribution in [2.24, 2.45) is 5.73 Å². The lowest BCUT2D eigenvalue weighted by Gasteiger charge is -2.12. The summed E-state index contributed by atoms with van der Waals surface area (Å²) >= 11 is 0. The quantitative estimate of drug-likeness (QED) is 0.758. The first-order chi connectivity index (χ1) is 6.79. The van der Waals surface area contributed by atoms with Crippen LogP contribution < -0.4 is 20.5 Å². The number of fused-ring (bicyclic) bond motifs is 1. The molecule has 0 amide bonds. The lowest BCUT2D eigenvalue weighted by molar-refractivity contribution is 0.174. The second kappa shape index (κ2) is 3.75. The zero-order valence-corrected chi connectivity index (χ0v) is 8.12. The monoisotopic (exact) mass is 194 g/mol. The first-order valence-corrected chi connectivity index (χ1v) is 4.66. The summed E-state index contributed by atoms with van der Waals surface area (Å²) in [4.78, 5) is 0. The van der Waals surface area contributed by atoms with Crippen LogP contribution in [0.4, 0.5) is 5.69 Å². The summed E-state index contributed by atoms with van der Waals surface area (Å²) < 4.78 is 10.5. The molecular weight excluding hydrogens is 180 g/mol. The minimum atomic E-state index is 0.260. The zero-order valence-electron chi connectivity index (χ0n) is 8.12. The molecule has 0 bridgehead atoms. The van der Waals surface area contributed by atoms with E-state index in [2.05, 4.69) is 5.32 Å². The lowest BCUT2D eigenvalue weighted by Crippen LogP contribution is -2.24. The predicted octanol–water partition coefficient (Wildman–Crippen LogP) is 1.17. The lowest BCUT2D eigenvalue weighted by atomic mass is 10.2. The molecule has 14 heavy (non-hydrogen) atoms. The number of benzene rings is 1. The van der Waals surface area contributed by atoms with Gasteiger partial charge in [0, 0.05) is 24.3 Å². The molecule has 3 N–H and O–H groups in total. The first-order valence-electron chi connectivity index (χ1n) is 4.66. The van der Waals surface area contributed by atoms with Gasteiger partial charge in [-0.2, -0.15) is 0 Å². The van der Waals surface area contributed by atoms with Gasteiger partial charge in [0.1, 0.15) is 0 Å². The van der Waals surface area contributed by atoms with Gasteiger partial charge in [-0.15, -0.1) is 0 Å². The molecule has 0 saturated heterocycles. The minimum Gasteiger partial charge on any atom is -0.454 e. The van der Waals surface area contributed by atoms with Gasteiger partial charge in [-0.3, -0.25) is 0 Å². The van der Waals surface area contributed by atoms with E-state index in [0.717, 1.165) is 17.2 Å². The van der Waals surface area contributed by atoms with E-state index in [-0.39, 0.29) is 6.04 Å². The zero-order chi connectivity index (χ0) is 9.97. The highest BCUT2D eigenvalue weighted by Crippen LogP contribution is 2.34. The van der Waals surface area contributed by atoms with Gasteiger partial charge in [0.15, 0.2) is 11.5 Å². The molecule has 2 rings (SSSR count). The van der Waals surface area contributed by atoms with E-state index in [4.69, 9.17) is 15.2 Å². The van der Waals surface area contributed by atoms with Crippen LogP contribution in [0.15, 0.2) is 18.2 Å². The van der Waals surface area contributed by atoms with Crippen molar-refractivity contribution in [1.82, 2.24) is 0 Å². The third-order valence-electron chi connectivity index (χ3n) is 2.14. The Bertz CT molecular complexity index is 328. The average molecular weight is 194 g/mol. The van der Waals surface area contributed by atoms with E-state index >= 15 is 0 Å². The highest BCUT2D eigenvalue weighted by molar-refractivity contribution is 5.55. The molecule has 1 aromatic rings. The number of ether oxygens (including phenoxy) is 2. The van der Waals surface area contributed by atoms with Gasteiger partial charge >= 0.3 is 0 Å². The van der Waals surface area contributed by atoms with Crippen molar-refractivity contribution in [3.8, 4) is 11.5 Å². The second-order valence-electron chi connectivity index (χ2n) is 3.35. The maximum absolute atomic E-state index is 5.51. The van der Waals surface area contributed by atoms with Gasteiger partial charge in [-0.05, 0) is 19.1 Å². The highest BCUT2D eigenvalue weighted by atomic mass is 16.7. The molecule has 1 aromatic carbocycles. The van der Waals surface area contributed by atoms with E-state index in [1.165, 1.54) is 0 Å². The topological polar surface area (TPSA) is 56.5 Å². The molecule has 0 saturated carbocycles. The number of nitrogens with two attached hydrogens (primary N) is 1. The Morgan fingerprint density at radius 1 is 1.43 bits per heavy atom. The van der Waals surface area contributed by atoms with Crippen LogP contribution in [0.3, 0.4) is 0 Å². The minimum absolute atomic E-state index is 0.260. The molecule has 76 valence electrons. The summed E-state index contributed by atoms with van der Waals surface area (Å²) in [5.41, 5.74) is 6.52. The summed E-state index contributed by atoms with van der Waals surface area (Å²) in [6, 6.07) is 6.04. The van der Waals surface area contributed by atoms with Crippen LogP contribution in [-0.2, 0) is 0 Å². The van der Waals surface area contributed by atoms with E-state index < -0.39 is 0 Å². The SMILES string of the molecule is CC(CN)Nc1ccc2c(c1)OCO2. The molecule has 0 aromatic heterocycles. The summed E-state index contributed by atoms with van der Waals surface area (Å²) in [6.45, 7) is 2.95. The third kappa shape index (κ3) is 1.75. The van der Waals surface area contributed by atoms with Gasteiger partial charge in [-0.25, -0.2) is 0 Å². The maximum atomic E-state index is 5.51. The van der Waals surface area contributed by atoms with E-state index in [9.17, 15) is 0 Å². The smallest absolute Gasteiger partial charge is 0.231 e. The van der Waals surface area contributed by atoms with Crippen molar-refractivity contribution in [2.75, 3.05) is 18.7 Å². The number of hydrogen-bond donors (Lipinski definition) is 2. The summed E-state index contributed by atoms with van der Waals surface area (Å²) in [5.74, 6) is 1.59. The Kier molecular flexibility index (Phi) is 2.45. The number of hydrogen-bond acceptors (Lipinski definition) is 4. The van der Waals surface area contributed by atoms with Crippen molar-refractivity contribution in [2.45, 2.75) is 13.0 Å². The van der Waals surface area contributed by atoms with Crippen molar-refractivity contribution in [3.05, 3.63) is 18.2 Å². The molecule has 0 aliphatic carbocycles. The molecule has 4 heteroatoms. The predicted molar refractivity (Wildman–Crippen MR) is 54.7 cm³/mol. The third-order valence-corrected chi connectivity index (χ3v) is 2.14. The molecule has 0 radical (unpaired) electrons. The molecule has 1 aliphatic rings. The molecule has 1 unspecified atom stereocenters. The molecule has 0 spiro atoms. The van der Waals surface area contributed by atoms with Crippen LogP contribution in [0.5, 0.6) is 11.5 Å². The van der Waals surface area contributed by atoms with Crippen molar-refractivity contribution in [3.63, 3.8) is 0 Å². The van der Waals surface area contributed by atoms with Crippen molar-refractivity contribution < 1.29 is 9.47 Å². The van der Waals surface area contributed by atoms with Gasteiger partial charge < -0.3 is 20.5 Å². The highest BCUT2D eigenvalue weighted by Gasteiger charge is 2.13. The second-order valence-corrected chi connectivity index (χ2v) is 3.35. The average Bonchev–Trinajstić information content (AvgIpc) is 2.64. The van der Waals surface area contributed by atoms with Crippen molar-refractivity contribution in [1.29, 1.82) is 0 Å². The summed E-state index contributed by atoms with van der Waals surface area (Å²) in [6.07, 6.45) is 0. The Hall–Kier alpha value is -1.42. The Labute approximate surface area is 83.0 Å². The fourth-order valence-corrected chi connectivity index (χ4v) is 1.33. The van der Waals surface area contributed by atoms with Gasteiger partial charge in [0.25, 0.3) is 0 Å². The Morgan fingerprint density at radius 2 is 2.21 bits per heavy atom. The van der Waals surface area contributed by atoms with Crippen LogP contribution in [0.25, 0.3) is 0 Å². The van der Waals surface area contributed by atoms with Crippen LogP contribution in [0, 0.1) is 0 Å². The maximum Gasteiger partial charge on any atom is 0.231 e. The van der Waals surface area contributed by atoms with Crippen LogP contribution in [-0.4, -0.2) is 19.4 Å². The molecular formula is C10H14N2O2. The Balaban J connectivity index is 2.12. The van der Waals surface area contributed by atoms with Gasteiger partial charge in [0.05, 0.1) is 0 Å². The van der Waals surface area contributed by atoms with Crippen molar-refractivity contribution >= 4 is 5.69 Å². The van der Waals surface area contributed by atoms with E-state index in [1.54, 1.807) is 0 Å². The summed E-state index contributed by atoms with van der Waals surface area (Å²) in [5, 5.41) is 3.26. The number of anilines is 1. The largest absolute Gasteiger partial charge is 0.454 e. The van der Waals surface area contributed by atoms with E-state index in [1.807, 2.05) is 25.1 Å². The molecule has 0 fully saturated rings. The molecule has 1 atom stereocenters. The Morgan fingerprint density at radius 3 is 3.00 bits per heavy atom. The van der Waals surface area contributed by atoms with Gasteiger partial charge in [-0.1, -0.05) is 0 Å². The number of rotatable bonds is 3. The van der Waals surface area contributed by atoms with E-state index in [0.29, 0.717) is 13.3 Å². The van der Waals surface area contributed by atoms with Crippen LogP contribution in [0.1, 0.15) is 6.92 Å². The normalized spacial score (nSPS) is 15.3. The summed E-state index contributed by atoms with van der Waals surface area (Å²) in [7, 11) is 0. The van der Waals surface area contributed by atoms with Gasteiger partial charge in [0.2, 0.25) is 6.79 Å². The first kappa shape index (κ1) is 9.15. The molecule has 1 heterocycles. The van der Waals surface area contributed by atoms with Crippen LogP contribution >= 0.6 is 0 Å². The fraction of sp³-hybridized carbons (Fsp3) is 0.400. The standard InChI is InChI=1S/C10H14N2O2/c1-7(5-11)12-8-2-3-9-10(4-8)14-6-13-9/h2-4,7,12H,5-6,11H2,1H3. The molecule has 4 nitrogen and oxygen atoms in total. The molecule has 1 aliphatic heterocycles.